The lowest BCUT2D eigenvalue weighted by Crippen LogP contribution is -2.34. The van der Waals surface area contributed by atoms with Crippen molar-refractivity contribution in [2.24, 2.45) is 0 Å². The fourth-order valence-corrected chi connectivity index (χ4v) is 1.55. The van der Waals surface area contributed by atoms with Crippen LogP contribution in [0.2, 0.25) is 0 Å². The zero-order chi connectivity index (χ0) is 9.10. The molecule has 1 aliphatic rings. The van der Waals surface area contributed by atoms with Gasteiger partial charge >= 0.3 is 0 Å². The number of benzene rings is 1. The van der Waals surface area contributed by atoms with Crippen molar-refractivity contribution in [3.8, 4) is 5.75 Å². The Morgan fingerprint density at radius 3 is 2.79 bits per heavy atom. The van der Waals surface area contributed by atoms with E-state index in [0.717, 1.165) is 18.7 Å². The molecule has 0 spiro atoms. The summed E-state index contributed by atoms with van der Waals surface area (Å²) in [6, 6.07) is 7.50. The van der Waals surface area contributed by atoms with Crippen LogP contribution in [0, 0.1) is 0 Å². The Morgan fingerprint density at radius 1 is 1.36 bits per heavy atom. The number of aromatic hydroxyl groups is 1. The first kappa shape index (κ1) is 11.3. The van der Waals surface area contributed by atoms with Crippen LogP contribution in [0.3, 0.4) is 0 Å². The van der Waals surface area contributed by atoms with Gasteiger partial charge in [-0.1, -0.05) is 18.2 Å². The molecule has 1 aromatic carbocycles. The van der Waals surface area contributed by atoms with E-state index in [-0.39, 0.29) is 18.4 Å². The number of ether oxygens (including phenoxy) is 1. The van der Waals surface area contributed by atoms with Crippen molar-refractivity contribution in [2.75, 3.05) is 19.8 Å². The van der Waals surface area contributed by atoms with Gasteiger partial charge in [0, 0.05) is 12.1 Å². The van der Waals surface area contributed by atoms with Gasteiger partial charge in [0.1, 0.15) is 5.75 Å². The smallest absolute Gasteiger partial charge is 0.120 e. The number of hydrogen-bond acceptors (Lipinski definition) is 3. The largest absolute Gasteiger partial charge is 0.508 e. The molecule has 0 radical (unpaired) electrons. The predicted octanol–water partition coefficient (Wildman–Crippen LogP) is 1.47. The molecule has 2 rings (SSSR count). The van der Waals surface area contributed by atoms with Gasteiger partial charge in [-0.3, -0.25) is 0 Å². The van der Waals surface area contributed by atoms with E-state index in [1.807, 2.05) is 18.2 Å². The fourth-order valence-electron chi connectivity index (χ4n) is 1.55. The van der Waals surface area contributed by atoms with E-state index in [1.165, 1.54) is 0 Å². The van der Waals surface area contributed by atoms with E-state index >= 15 is 0 Å². The summed E-state index contributed by atoms with van der Waals surface area (Å²) in [7, 11) is 0. The number of hydrogen-bond donors (Lipinski definition) is 2. The van der Waals surface area contributed by atoms with Crippen LogP contribution in [0.25, 0.3) is 0 Å². The molecule has 0 amide bonds. The maximum atomic E-state index is 9.57. The van der Waals surface area contributed by atoms with Gasteiger partial charge in [0.25, 0.3) is 0 Å². The Bertz CT molecular complexity index is 287. The van der Waals surface area contributed by atoms with Gasteiger partial charge < -0.3 is 15.2 Å². The first-order valence-corrected chi connectivity index (χ1v) is 4.47. The molecule has 1 aliphatic heterocycles. The van der Waals surface area contributed by atoms with E-state index in [4.69, 9.17) is 4.74 Å². The highest BCUT2D eigenvalue weighted by Gasteiger charge is 2.17. The molecule has 1 atom stereocenters. The summed E-state index contributed by atoms with van der Waals surface area (Å²) < 4.78 is 5.32. The van der Waals surface area contributed by atoms with Crippen LogP contribution in [0.5, 0.6) is 5.75 Å². The van der Waals surface area contributed by atoms with Gasteiger partial charge in [-0.2, -0.15) is 0 Å². The maximum Gasteiger partial charge on any atom is 0.120 e. The predicted molar refractivity (Wildman–Crippen MR) is 56.9 cm³/mol. The molecule has 0 aromatic heterocycles. The average Bonchev–Trinajstić information content (AvgIpc) is 2.20. The molecule has 1 heterocycles. The molecule has 4 heteroatoms. The number of para-hydroxylation sites is 1. The van der Waals surface area contributed by atoms with E-state index in [1.54, 1.807) is 6.07 Å². The Morgan fingerprint density at radius 2 is 2.14 bits per heavy atom. The van der Waals surface area contributed by atoms with Gasteiger partial charge in [-0.15, -0.1) is 12.4 Å². The second-order valence-electron chi connectivity index (χ2n) is 3.14. The second-order valence-corrected chi connectivity index (χ2v) is 3.14. The van der Waals surface area contributed by atoms with E-state index in [2.05, 4.69) is 5.32 Å². The maximum absolute atomic E-state index is 9.57. The molecule has 3 nitrogen and oxygen atoms in total. The Labute approximate surface area is 89.5 Å². The summed E-state index contributed by atoms with van der Waals surface area (Å²) >= 11 is 0. The number of halogens is 1. The zero-order valence-electron chi connectivity index (χ0n) is 7.77. The summed E-state index contributed by atoms with van der Waals surface area (Å²) in [6.07, 6.45) is 0. The molecule has 14 heavy (non-hydrogen) atoms. The van der Waals surface area contributed by atoms with Crippen molar-refractivity contribution < 1.29 is 9.84 Å². The monoisotopic (exact) mass is 215 g/mol. The SMILES string of the molecule is Cl.Oc1ccccc1[C@H]1COCCN1. The van der Waals surface area contributed by atoms with E-state index < -0.39 is 0 Å². The van der Waals surface area contributed by atoms with E-state index in [9.17, 15) is 5.11 Å². The van der Waals surface area contributed by atoms with E-state index in [0.29, 0.717) is 12.4 Å². The molecule has 1 aromatic rings. The molecule has 1 fully saturated rings. The minimum absolute atomic E-state index is 0. The van der Waals surface area contributed by atoms with Crippen LogP contribution in [0.1, 0.15) is 11.6 Å². The number of nitrogens with one attached hydrogen (secondary N) is 1. The van der Waals surface area contributed by atoms with Crippen molar-refractivity contribution in [1.29, 1.82) is 0 Å². The Balaban J connectivity index is 0.000000980. The van der Waals surface area contributed by atoms with Crippen molar-refractivity contribution in [1.82, 2.24) is 5.32 Å². The summed E-state index contributed by atoms with van der Waals surface area (Å²) in [5.74, 6) is 0.338. The zero-order valence-corrected chi connectivity index (χ0v) is 8.59. The summed E-state index contributed by atoms with van der Waals surface area (Å²) in [5, 5.41) is 12.9. The van der Waals surface area contributed by atoms with Gasteiger partial charge in [0.2, 0.25) is 0 Å². The highest BCUT2D eigenvalue weighted by molar-refractivity contribution is 5.85. The highest BCUT2D eigenvalue weighted by atomic mass is 35.5. The normalized spacial score (nSPS) is 21.3. The Hall–Kier alpha value is -0.770. The first-order chi connectivity index (χ1) is 6.38. The lowest BCUT2D eigenvalue weighted by Gasteiger charge is -2.24. The number of rotatable bonds is 1. The van der Waals surface area contributed by atoms with Gasteiger partial charge in [-0.05, 0) is 6.07 Å². The number of morpholine rings is 1. The molecule has 2 N–H and O–H groups in total. The van der Waals surface area contributed by atoms with Crippen LogP contribution < -0.4 is 5.32 Å². The standard InChI is InChI=1S/C10H13NO2.ClH/c12-10-4-2-1-3-8(10)9-7-13-6-5-11-9;/h1-4,9,11-12H,5-7H2;1H/t9-;/m1./s1. The molecular formula is C10H14ClNO2. The van der Waals surface area contributed by atoms with Crippen LogP contribution in [-0.2, 0) is 4.74 Å². The third-order valence-corrected chi connectivity index (χ3v) is 2.23. The number of phenols is 1. The third-order valence-electron chi connectivity index (χ3n) is 2.23. The molecule has 78 valence electrons. The van der Waals surface area contributed by atoms with Crippen LogP contribution >= 0.6 is 12.4 Å². The van der Waals surface area contributed by atoms with Crippen molar-refractivity contribution in [3.63, 3.8) is 0 Å². The van der Waals surface area contributed by atoms with Crippen molar-refractivity contribution in [2.45, 2.75) is 6.04 Å². The molecule has 0 unspecified atom stereocenters. The lowest BCUT2D eigenvalue weighted by molar-refractivity contribution is 0.0761. The molecule has 1 saturated heterocycles. The summed E-state index contributed by atoms with van der Waals surface area (Å²) in [4.78, 5) is 0. The van der Waals surface area contributed by atoms with Crippen molar-refractivity contribution >= 4 is 12.4 Å². The Kier molecular flexibility index (Phi) is 4.20. The first-order valence-electron chi connectivity index (χ1n) is 4.47. The molecule has 0 bridgehead atoms. The van der Waals surface area contributed by atoms with Crippen LogP contribution in [-0.4, -0.2) is 24.9 Å². The average molecular weight is 216 g/mol. The molecule has 0 aliphatic carbocycles. The summed E-state index contributed by atoms with van der Waals surface area (Å²) in [5.41, 5.74) is 0.919. The quantitative estimate of drug-likeness (QED) is 0.746. The minimum atomic E-state index is 0. The van der Waals surface area contributed by atoms with Gasteiger partial charge in [-0.25, -0.2) is 0 Å². The number of phenolic OH excluding ortho intramolecular Hbond substituents is 1. The highest BCUT2D eigenvalue weighted by Crippen LogP contribution is 2.24. The summed E-state index contributed by atoms with van der Waals surface area (Å²) in [6.45, 7) is 2.24. The van der Waals surface area contributed by atoms with Gasteiger partial charge in [0.05, 0.1) is 19.3 Å². The third kappa shape index (κ3) is 2.38. The second kappa shape index (κ2) is 5.20. The molecular weight excluding hydrogens is 202 g/mol. The van der Waals surface area contributed by atoms with Crippen molar-refractivity contribution in [3.05, 3.63) is 29.8 Å². The minimum Gasteiger partial charge on any atom is -0.508 e. The van der Waals surface area contributed by atoms with Gasteiger partial charge in [0.15, 0.2) is 0 Å². The van der Waals surface area contributed by atoms with Crippen LogP contribution in [0.4, 0.5) is 0 Å². The molecule has 0 saturated carbocycles. The van der Waals surface area contributed by atoms with Crippen LogP contribution in [0.15, 0.2) is 24.3 Å². The topological polar surface area (TPSA) is 41.5 Å². The lowest BCUT2D eigenvalue weighted by atomic mass is 10.1. The fraction of sp³-hybridized carbons (Fsp3) is 0.400.